The molecule has 0 aliphatic heterocycles. The van der Waals surface area contributed by atoms with Crippen LogP contribution >= 0.6 is 11.6 Å². The lowest BCUT2D eigenvalue weighted by Gasteiger charge is -2.08. The van der Waals surface area contributed by atoms with Gasteiger partial charge in [0.25, 0.3) is 0 Å². The van der Waals surface area contributed by atoms with Gasteiger partial charge in [-0.05, 0) is 30.2 Å². The van der Waals surface area contributed by atoms with Crippen molar-refractivity contribution < 1.29 is 9.63 Å². The first-order valence-corrected chi connectivity index (χ1v) is 5.86. The van der Waals surface area contributed by atoms with Crippen LogP contribution in [0, 0.1) is 5.92 Å². The molecule has 0 aliphatic rings. The Hall–Kier alpha value is -1.10. The number of rotatable bonds is 6. The fraction of sp³-hybridized carbons (Fsp3) is 0.417. The first-order valence-electron chi connectivity index (χ1n) is 5.48. The Morgan fingerprint density at radius 2 is 2.00 bits per heavy atom. The third-order valence-corrected chi connectivity index (χ3v) is 2.13. The summed E-state index contributed by atoms with van der Waals surface area (Å²) in [5.74, 6) is 0.276. The summed E-state index contributed by atoms with van der Waals surface area (Å²) in [4.78, 5) is 16.5. The molecule has 0 saturated carbocycles. The molecule has 1 aromatic rings. The maximum atomic E-state index is 11.5. The van der Waals surface area contributed by atoms with E-state index in [1.165, 1.54) is 0 Å². The molecule has 0 bridgehead atoms. The molecule has 17 heavy (non-hydrogen) atoms. The van der Waals surface area contributed by atoms with Crippen LogP contribution in [0.4, 0.5) is 5.69 Å². The van der Waals surface area contributed by atoms with Crippen molar-refractivity contribution in [3.05, 3.63) is 29.3 Å². The van der Waals surface area contributed by atoms with Crippen LogP contribution in [0.2, 0.25) is 5.02 Å². The van der Waals surface area contributed by atoms with Gasteiger partial charge in [-0.1, -0.05) is 25.4 Å². The zero-order chi connectivity index (χ0) is 12.7. The van der Waals surface area contributed by atoms with E-state index >= 15 is 0 Å². The molecule has 0 spiro atoms. The molecule has 1 amide bonds. The average molecular weight is 257 g/mol. The molecule has 2 N–H and O–H groups in total. The molecule has 0 saturated heterocycles. The van der Waals surface area contributed by atoms with Gasteiger partial charge in [-0.2, -0.15) is 5.48 Å². The SMILES string of the molecule is CC(C)CONCC(=O)Nc1ccc(Cl)cc1. The summed E-state index contributed by atoms with van der Waals surface area (Å²) < 4.78 is 0. The fourth-order valence-corrected chi connectivity index (χ4v) is 1.21. The number of anilines is 1. The van der Waals surface area contributed by atoms with Crippen LogP contribution < -0.4 is 10.8 Å². The molecule has 1 aromatic carbocycles. The molecule has 0 atom stereocenters. The monoisotopic (exact) mass is 256 g/mol. The molecule has 94 valence electrons. The molecular formula is C12H17ClN2O2. The van der Waals surface area contributed by atoms with E-state index in [1.54, 1.807) is 24.3 Å². The second kappa shape index (κ2) is 7.27. The van der Waals surface area contributed by atoms with Crippen LogP contribution in [-0.2, 0) is 9.63 Å². The minimum Gasteiger partial charge on any atom is -0.325 e. The zero-order valence-corrected chi connectivity index (χ0v) is 10.8. The molecule has 0 fully saturated rings. The fourth-order valence-electron chi connectivity index (χ4n) is 1.08. The zero-order valence-electron chi connectivity index (χ0n) is 10.00. The second-order valence-corrected chi connectivity index (χ2v) is 4.52. The summed E-state index contributed by atoms with van der Waals surface area (Å²) in [5, 5.41) is 3.36. The predicted octanol–water partition coefficient (Wildman–Crippen LogP) is 2.46. The highest BCUT2D eigenvalue weighted by molar-refractivity contribution is 6.30. The van der Waals surface area contributed by atoms with Gasteiger partial charge < -0.3 is 10.2 Å². The number of carbonyl (C=O) groups excluding carboxylic acids is 1. The van der Waals surface area contributed by atoms with Crippen molar-refractivity contribution in [2.45, 2.75) is 13.8 Å². The second-order valence-electron chi connectivity index (χ2n) is 4.08. The molecular weight excluding hydrogens is 240 g/mol. The van der Waals surface area contributed by atoms with E-state index in [0.29, 0.717) is 23.2 Å². The molecule has 4 nitrogen and oxygen atoms in total. The molecule has 0 unspecified atom stereocenters. The third-order valence-electron chi connectivity index (χ3n) is 1.88. The van der Waals surface area contributed by atoms with Crippen molar-refractivity contribution in [1.29, 1.82) is 0 Å². The summed E-state index contributed by atoms with van der Waals surface area (Å²) in [6.07, 6.45) is 0. The Morgan fingerprint density at radius 3 is 2.59 bits per heavy atom. The van der Waals surface area contributed by atoms with Crippen molar-refractivity contribution in [1.82, 2.24) is 5.48 Å². The van der Waals surface area contributed by atoms with Gasteiger partial charge in [-0.15, -0.1) is 0 Å². The third kappa shape index (κ3) is 6.26. The number of hydroxylamine groups is 1. The van der Waals surface area contributed by atoms with Gasteiger partial charge in [0.2, 0.25) is 5.91 Å². The minimum absolute atomic E-state index is 0.120. The van der Waals surface area contributed by atoms with Crippen LogP contribution in [0.15, 0.2) is 24.3 Å². The van der Waals surface area contributed by atoms with Crippen LogP contribution in [0.1, 0.15) is 13.8 Å². The lowest BCUT2D eigenvalue weighted by Crippen LogP contribution is -2.29. The number of hydrogen-bond donors (Lipinski definition) is 2. The molecule has 1 rings (SSSR count). The summed E-state index contributed by atoms with van der Waals surface area (Å²) in [6, 6.07) is 6.93. The number of nitrogens with one attached hydrogen (secondary N) is 2. The minimum atomic E-state index is -0.156. The highest BCUT2D eigenvalue weighted by Crippen LogP contribution is 2.12. The van der Waals surface area contributed by atoms with Gasteiger partial charge in [-0.3, -0.25) is 4.79 Å². The summed E-state index contributed by atoms with van der Waals surface area (Å²) in [5.41, 5.74) is 3.32. The first kappa shape index (κ1) is 14.0. The molecule has 0 heterocycles. The van der Waals surface area contributed by atoms with Gasteiger partial charge in [0.15, 0.2) is 0 Å². The Morgan fingerprint density at radius 1 is 1.35 bits per heavy atom. The van der Waals surface area contributed by atoms with Gasteiger partial charge in [-0.25, -0.2) is 0 Å². The summed E-state index contributed by atoms with van der Waals surface area (Å²) in [6.45, 7) is 4.77. The number of amides is 1. The highest BCUT2D eigenvalue weighted by atomic mass is 35.5. The van der Waals surface area contributed by atoms with Crippen LogP contribution in [0.3, 0.4) is 0 Å². The number of benzene rings is 1. The van der Waals surface area contributed by atoms with Crippen molar-refractivity contribution in [3.8, 4) is 0 Å². The molecule has 0 aliphatic carbocycles. The van der Waals surface area contributed by atoms with Crippen LogP contribution in [0.5, 0.6) is 0 Å². The van der Waals surface area contributed by atoms with Crippen molar-refractivity contribution >= 4 is 23.2 Å². The standard InChI is InChI=1S/C12H17ClN2O2/c1-9(2)8-17-14-7-12(16)15-11-5-3-10(13)4-6-11/h3-6,9,14H,7-8H2,1-2H3,(H,15,16). The van der Waals surface area contributed by atoms with Crippen LogP contribution in [-0.4, -0.2) is 19.1 Å². The molecule has 0 radical (unpaired) electrons. The van der Waals surface area contributed by atoms with E-state index in [-0.39, 0.29) is 12.5 Å². The summed E-state index contributed by atoms with van der Waals surface area (Å²) in [7, 11) is 0. The van der Waals surface area contributed by atoms with Gasteiger partial charge in [0, 0.05) is 10.7 Å². The van der Waals surface area contributed by atoms with E-state index in [0.717, 1.165) is 0 Å². The van der Waals surface area contributed by atoms with E-state index in [4.69, 9.17) is 16.4 Å². The number of carbonyl (C=O) groups is 1. The largest absolute Gasteiger partial charge is 0.325 e. The Bertz CT molecular complexity index is 352. The van der Waals surface area contributed by atoms with Gasteiger partial charge in [0.05, 0.1) is 6.61 Å². The maximum absolute atomic E-state index is 11.5. The van der Waals surface area contributed by atoms with E-state index in [9.17, 15) is 4.79 Å². The Labute approximate surface area is 106 Å². The van der Waals surface area contributed by atoms with E-state index in [1.807, 2.05) is 13.8 Å². The van der Waals surface area contributed by atoms with Crippen molar-refractivity contribution in [3.63, 3.8) is 0 Å². The smallest absolute Gasteiger partial charge is 0.240 e. The summed E-state index contributed by atoms with van der Waals surface area (Å²) >= 11 is 5.74. The first-order chi connectivity index (χ1) is 8.08. The Balaban J connectivity index is 2.23. The van der Waals surface area contributed by atoms with Crippen molar-refractivity contribution in [2.75, 3.05) is 18.5 Å². The number of halogens is 1. The van der Waals surface area contributed by atoms with Crippen LogP contribution in [0.25, 0.3) is 0 Å². The predicted molar refractivity (Wildman–Crippen MR) is 68.9 cm³/mol. The lowest BCUT2D eigenvalue weighted by atomic mass is 10.2. The molecule has 0 aromatic heterocycles. The van der Waals surface area contributed by atoms with Gasteiger partial charge >= 0.3 is 0 Å². The lowest BCUT2D eigenvalue weighted by molar-refractivity contribution is -0.118. The highest BCUT2D eigenvalue weighted by Gasteiger charge is 2.02. The molecule has 5 heteroatoms. The number of hydrogen-bond acceptors (Lipinski definition) is 3. The topological polar surface area (TPSA) is 50.4 Å². The van der Waals surface area contributed by atoms with Gasteiger partial charge in [0.1, 0.15) is 6.54 Å². The quantitative estimate of drug-likeness (QED) is 0.607. The Kier molecular flexibility index (Phi) is 5.97. The van der Waals surface area contributed by atoms with E-state index < -0.39 is 0 Å². The maximum Gasteiger partial charge on any atom is 0.240 e. The normalized spacial score (nSPS) is 10.6. The van der Waals surface area contributed by atoms with Crippen molar-refractivity contribution in [2.24, 2.45) is 5.92 Å². The van der Waals surface area contributed by atoms with E-state index in [2.05, 4.69) is 10.8 Å². The average Bonchev–Trinajstić information content (AvgIpc) is 2.27.